The van der Waals surface area contributed by atoms with E-state index >= 15 is 0 Å². The Morgan fingerprint density at radius 1 is 1.08 bits per heavy atom. The van der Waals surface area contributed by atoms with Crippen LogP contribution in [0.2, 0.25) is 0 Å². The quantitative estimate of drug-likeness (QED) is 0.694. The number of hydrogen-bond acceptors (Lipinski definition) is 1. The van der Waals surface area contributed by atoms with Gasteiger partial charge in [-0.05, 0) is 30.8 Å². The molecule has 0 aromatic heterocycles. The fourth-order valence-electron chi connectivity index (χ4n) is 1.32. The predicted molar refractivity (Wildman–Crippen MR) is 55.8 cm³/mol. The van der Waals surface area contributed by atoms with Gasteiger partial charge in [0.05, 0.1) is 5.69 Å². The molecule has 0 aliphatic carbocycles. The molecule has 0 aliphatic rings. The highest BCUT2D eigenvalue weighted by atomic mass is 15.1. The zero-order valence-corrected chi connectivity index (χ0v) is 8.38. The molecule has 2 heteroatoms. The monoisotopic (exact) mass is 177 g/mol. The molecule has 71 valence electrons. The third kappa shape index (κ3) is 3.07. The average Bonchev–Trinajstić information content (AvgIpc) is 2.17. The van der Waals surface area contributed by atoms with Gasteiger partial charge in [-0.1, -0.05) is 26.0 Å². The molecule has 0 heterocycles. The second-order valence-electron chi connectivity index (χ2n) is 3.16. The minimum absolute atomic E-state index is 0.586. The third-order valence-corrected chi connectivity index (χ3v) is 2.25. The highest BCUT2D eigenvalue weighted by molar-refractivity contribution is 5.35. The Labute approximate surface area is 80.4 Å². The lowest BCUT2D eigenvalue weighted by Crippen LogP contribution is -2.21. The van der Waals surface area contributed by atoms with E-state index in [1.807, 2.05) is 24.3 Å². The second-order valence-corrected chi connectivity index (χ2v) is 3.16. The van der Waals surface area contributed by atoms with E-state index < -0.39 is 0 Å². The molecule has 0 saturated heterocycles. The first-order valence-electron chi connectivity index (χ1n) is 4.79. The van der Waals surface area contributed by atoms with E-state index in [1.54, 1.807) is 0 Å². The summed E-state index contributed by atoms with van der Waals surface area (Å²) in [4.78, 5) is 2.36. The van der Waals surface area contributed by atoms with Crippen LogP contribution in [0.3, 0.4) is 0 Å². The molecule has 13 heavy (non-hydrogen) atoms. The van der Waals surface area contributed by atoms with Crippen LogP contribution in [-0.2, 0) is 6.54 Å². The summed E-state index contributed by atoms with van der Waals surface area (Å²) in [6.07, 6.45) is 0. The van der Waals surface area contributed by atoms with E-state index in [-0.39, 0.29) is 0 Å². The summed E-state index contributed by atoms with van der Waals surface area (Å²) in [6.45, 7) is 7.50. The molecule has 0 fully saturated rings. The van der Waals surface area contributed by atoms with Crippen molar-refractivity contribution in [2.45, 2.75) is 20.4 Å². The normalized spacial score (nSPS) is 10.7. The first-order chi connectivity index (χ1) is 6.26. The molecule has 1 N–H and O–H groups in total. The van der Waals surface area contributed by atoms with E-state index in [4.69, 9.17) is 5.73 Å². The van der Waals surface area contributed by atoms with Crippen LogP contribution in [0.4, 0.5) is 5.69 Å². The smallest absolute Gasteiger partial charge is 0.0540 e. The maximum absolute atomic E-state index is 7.35. The molecule has 0 unspecified atom stereocenters. The molecule has 1 aromatic rings. The molecule has 1 aromatic carbocycles. The van der Waals surface area contributed by atoms with Crippen LogP contribution in [-0.4, -0.2) is 18.0 Å². The van der Waals surface area contributed by atoms with Crippen molar-refractivity contribution in [1.82, 2.24) is 10.6 Å². The van der Waals surface area contributed by atoms with E-state index in [2.05, 4.69) is 18.7 Å². The fourth-order valence-corrected chi connectivity index (χ4v) is 1.32. The van der Waals surface area contributed by atoms with Crippen LogP contribution in [0, 0.1) is 0 Å². The van der Waals surface area contributed by atoms with Gasteiger partial charge in [0.25, 0.3) is 0 Å². The van der Waals surface area contributed by atoms with Gasteiger partial charge in [0.15, 0.2) is 0 Å². The molecular weight excluding hydrogens is 160 g/mol. The zero-order valence-electron chi connectivity index (χ0n) is 8.38. The lowest BCUT2D eigenvalue weighted by Gasteiger charge is -2.17. The summed E-state index contributed by atoms with van der Waals surface area (Å²) in [7, 11) is 0. The Hall–Kier alpha value is -1.02. The lowest BCUT2D eigenvalue weighted by atomic mass is 10.2. The molecule has 0 atom stereocenters. The average molecular weight is 177 g/mol. The van der Waals surface area contributed by atoms with Gasteiger partial charge in [0.2, 0.25) is 0 Å². The predicted octanol–water partition coefficient (Wildman–Crippen LogP) is 2.44. The topological polar surface area (TPSA) is 27.0 Å². The standard InChI is InChI=1S/C11H17N2/c1-3-13(4-2)9-10-5-7-11(12)8-6-10/h5-8,12H,3-4,9H2,1-2H3. The van der Waals surface area contributed by atoms with E-state index in [9.17, 15) is 0 Å². The molecule has 1 rings (SSSR count). The highest BCUT2D eigenvalue weighted by Gasteiger charge is 1.99. The summed E-state index contributed by atoms with van der Waals surface area (Å²) in [5.41, 5.74) is 9.23. The molecule has 0 saturated carbocycles. The zero-order chi connectivity index (χ0) is 9.68. The molecule has 0 aliphatic heterocycles. The van der Waals surface area contributed by atoms with Crippen molar-refractivity contribution in [3.05, 3.63) is 29.8 Å². The van der Waals surface area contributed by atoms with Crippen molar-refractivity contribution in [1.29, 1.82) is 0 Å². The van der Waals surface area contributed by atoms with Gasteiger partial charge in [-0.2, -0.15) is 0 Å². The van der Waals surface area contributed by atoms with Gasteiger partial charge in [0, 0.05) is 6.54 Å². The van der Waals surface area contributed by atoms with Crippen LogP contribution in [0.1, 0.15) is 19.4 Å². The second kappa shape index (κ2) is 4.87. The summed E-state index contributed by atoms with van der Waals surface area (Å²) in [5, 5.41) is 0. The van der Waals surface area contributed by atoms with Gasteiger partial charge < -0.3 is 5.73 Å². The molecule has 0 bridgehead atoms. The van der Waals surface area contributed by atoms with Crippen LogP contribution in [0.25, 0.3) is 0 Å². The Morgan fingerprint density at radius 3 is 2.08 bits per heavy atom. The first kappa shape index (κ1) is 10.1. The Balaban J connectivity index is 2.58. The van der Waals surface area contributed by atoms with Crippen molar-refractivity contribution in [3.8, 4) is 0 Å². The van der Waals surface area contributed by atoms with Gasteiger partial charge in [-0.3, -0.25) is 4.90 Å². The highest BCUT2D eigenvalue weighted by Crippen LogP contribution is 2.09. The minimum atomic E-state index is 0.586. The maximum atomic E-state index is 7.35. The molecule has 1 radical (unpaired) electrons. The van der Waals surface area contributed by atoms with Crippen molar-refractivity contribution in [3.63, 3.8) is 0 Å². The molecule has 2 nitrogen and oxygen atoms in total. The number of rotatable bonds is 4. The number of benzene rings is 1. The van der Waals surface area contributed by atoms with Crippen molar-refractivity contribution in [2.75, 3.05) is 13.1 Å². The van der Waals surface area contributed by atoms with Crippen LogP contribution < -0.4 is 5.73 Å². The Morgan fingerprint density at radius 2 is 1.62 bits per heavy atom. The number of nitrogens with one attached hydrogen (secondary N) is 1. The molecule has 0 spiro atoms. The van der Waals surface area contributed by atoms with E-state index in [0.29, 0.717) is 5.69 Å². The summed E-state index contributed by atoms with van der Waals surface area (Å²) < 4.78 is 0. The first-order valence-corrected chi connectivity index (χ1v) is 4.79. The van der Waals surface area contributed by atoms with Crippen molar-refractivity contribution in [2.24, 2.45) is 0 Å². The van der Waals surface area contributed by atoms with Crippen LogP contribution in [0.5, 0.6) is 0 Å². The van der Waals surface area contributed by atoms with E-state index in [1.165, 1.54) is 5.56 Å². The maximum Gasteiger partial charge on any atom is 0.0540 e. The Kier molecular flexibility index (Phi) is 3.77. The minimum Gasteiger partial charge on any atom is -0.301 e. The van der Waals surface area contributed by atoms with Gasteiger partial charge in [0.1, 0.15) is 0 Å². The fraction of sp³-hybridized carbons (Fsp3) is 0.455. The molecule has 0 amide bonds. The summed E-state index contributed by atoms with van der Waals surface area (Å²) in [5.74, 6) is 0. The largest absolute Gasteiger partial charge is 0.301 e. The Bertz CT molecular complexity index is 237. The van der Waals surface area contributed by atoms with Crippen molar-refractivity contribution >= 4 is 5.69 Å². The van der Waals surface area contributed by atoms with Gasteiger partial charge >= 0.3 is 0 Å². The van der Waals surface area contributed by atoms with E-state index in [0.717, 1.165) is 19.6 Å². The number of hydrogen-bond donors (Lipinski definition) is 0. The van der Waals surface area contributed by atoms with Gasteiger partial charge in [-0.25, -0.2) is 0 Å². The summed E-state index contributed by atoms with van der Waals surface area (Å²) >= 11 is 0. The van der Waals surface area contributed by atoms with Crippen LogP contribution >= 0.6 is 0 Å². The lowest BCUT2D eigenvalue weighted by molar-refractivity contribution is 0.296. The van der Waals surface area contributed by atoms with Crippen LogP contribution in [0.15, 0.2) is 24.3 Å². The third-order valence-electron chi connectivity index (χ3n) is 2.25. The molecular formula is C11H17N2. The van der Waals surface area contributed by atoms with Crippen molar-refractivity contribution < 1.29 is 0 Å². The van der Waals surface area contributed by atoms with Gasteiger partial charge in [-0.15, -0.1) is 0 Å². The summed E-state index contributed by atoms with van der Waals surface area (Å²) in [6, 6.07) is 7.75. The number of nitrogens with zero attached hydrogens (tertiary/aromatic N) is 1. The SMILES string of the molecule is CCN(CC)Cc1ccc([NH])cc1.